The minimum Gasteiger partial charge on any atom is -0.455 e. The molecule has 1 aliphatic heterocycles. The number of ether oxygens (including phenoxy) is 1. The van der Waals surface area contributed by atoms with Crippen LogP contribution in [0.5, 0.6) is 0 Å². The molecule has 0 aliphatic carbocycles. The molecule has 2 heterocycles. The van der Waals surface area contributed by atoms with Crippen LogP contribution >= 0.6 is 0 Å². The second kappa shape index (κ2) is 8.89. The van der Waals surface area contributed by atoms with Crippen LogP contribution in [-0.2, 0) is 25.5 Å². The lowest BCUT2D eigenvalue weighted by Gasteiger charge is -2.34. The number of amides is 2. The first-order valence-electron chi connectivity index (χ1n) is 9.66. The standard InChI is InChI=1S/C21H26N4O4/c1-15-19(16(2)25(22-15)18-7-5-4-6-8-18)13-21(28)29-14-20(27)24-11-9-23(10-12-24)17(3)26/h4-8H,9-14H2,1-3H3. The van der Waals surface area contributed by atoms with E-state index in [9.17, 15) is 14.4 Å². The minimum absolute atomic E-state index is 0.00492. The molecule has 0 radical (unpaired) electrons. The molecule has 0 saturated carbocycles. The molecule has 2 aromatic rings. The SMILES string of the molecule is CC(=O)N1CCN(C(=O)COC(=O)Cc2c(C)nn(-c3ccccc3)c2C)CC1. The predicted octanol–water partition coefficient (Wildman–Crippen LogP) is 1.27. The summed E-state index contributed by atoms with van der Waals surface area (Å²) in [5.74, 6) is -0.695. The number of carbonyl (C=O) groups excluding carboxylic acids is 3. The van der Waals surface area contributed by atoms with Crippen LogP contribution in [0.2, 0.25) is 0 Å². The third-order valence-electron chi connectivity index (χ3n) is 5.20. The Morgan fingerprint density at radius 1 is 1.00 bits per heavy atom. The van der Waals surface area contributed by atoms with Gasteiger partial charge in [-0.15, -0.1) is 0 Å². The lowest BCUT2D eigenvalue weighted by atomic mass is 10.1. The summed E-state index contributed by atoms with van der Waals surface area (Å²) in [4.78, 5) is 39.3. The van der Waals surface area contributed by atoms with Gasteiger partial charge in [0, 0.05) is 44.4 Å². The maximum Gasteiger partial charge on any atom is 0.310 e. The van der Waals surface area contributed by atoms with E-state index in [1.807, 2.05) is 44.2 Å². The zero-order chi connectivity index (χ0) is 21.0. The fourth-order valence-electron chi connectivity index (χ4n) is 3.45. The summed E-state index contributed by atoms with van der Waals surface area (Å²) in [6, 6.07) is 9.70. The molecule has 1 saturated heterocycles. The number of hydrogen-bond donors (Lipinski definition) is 0. The Bertz CT molecular complexity index is 899. The lowest BCUT2D eigenvalue weighted by Crippen LogP contribution is -2.51. The molecule has 0 unspecified atom stereocenters. The maximum atomic E-state index is 12.3. The number of piperazine rings is 1. The molecule has 1 fully saturated rings. The Balaban J connectivity index is 1.54. The number of carbonyl (C=O) groups is 3. The molecule has 8 heteroatoms. The van der Waals surface area contributed by atoms with E-state index in [1.54, 1.807) is 14.5 Å². The van der Waals surface area contributed by atoms with Crippen molar-refractivity contribution in [1.29, 1.82) is 0 Å². The molecule has 8 nitrogen and oxygen atoms in total. The summed E-state index contributed by atoms with van der Waals surface area (Å²) in [6.45, 7) is 6.92. The zero-order valence-corrected chi connectivity index (χ0v) is 17.1. The average Bonchev–Trinajstić information content (AvgIpc) is 3.01. The predicted molar refractivity (Wildman–Crippen MR) is 107 cm³/mol. The van der Waals surface area contributed by atoms with Gasteiger partial charge in [-0.1, -0.05) is 18.2 Å². The first kappa shape index (κ1) is 20.6. The summed E-state index contributed by atoms with van der Waals surface area (Å²) >= 11 is 0. The summed E-state index contributed by atoms with van der Waals surface area (Å²) in [7, 11) is 0. The van der Waals surface area contributed by atoms with Crippen LogP contribution < -0.4 is 0 Å². The second-order valence-corrected chi connectivity index (χ2v) is 7.12. The molecule has 0 bridgehead atoms. The van der Waals surface area contributed by atoms with Crippen molar-refractivity contribution in [3.63, 3.8) is 0 Å². The van der Waals surface area contributed by atoms with E-state index < -0.39 is 5.97 Å². The van der Waals surface area contributed by atoms with E-state index in [-0.39, 0.29) is 24.8 Å². The topological polar surface area (TPSA) is 84.7 Å². The van der Waals surface area contributed by atoms with Gasteiger partial charge in [0.05, 0.1) is 17.8 Å². The maximum absolute atomic E-state index is 12.3. The van der Waals surface area contributed by atoms with Gasteiger partial charge in [-0.05, 0) is 26.0 Å². The molecule has 1 aliphatic rings. The van der Waals surface area contributed by atoms with Crippen molar-refractivity contribution in [2.24, 2.45) is 0 Å². The Labute approximate surface area is 170 Å². The summed E-state index contributed by atoms with van der Waals surface area (Å²) < 4.78 is 7.02. The number of rotatable bonds is 5. The summed E-state index contributed by atoms with van der Waals surface area (Å²) in [6.07, 6.45) is 0.0654. The highest BCUT2D eigenvalue weighted by atomic mass is 16.5. The van der Waals surface area contributed by atoms with Crippen molar-refractivity contribution in [1.82, 2.24) is 19.6 Å². The monoisotopic (exact) mass is 398 g/mol. The highest BCUT2D eigenvalue weighted by molar-refractivity contribution is 5.82. The molecule has 1 aromatic heterocycles. The number of aromatic nitrogens is 2. The number of hydrogen-bond acceptors (Lipinski definition) is 5. The molecule has 0 atom stereocenters. The van der Waals surface area contributed by atoms with Gasteiger partial charge >= 0.3 is 5.97 Å². The number of aryl methyl sites for hydroxylation is 1. The molecule has 0 spiro atoms. The average molecular weight is 398 g/mol. The van der Waals surface area contributed by atoms with Crippen LogP contribution in [0.4, 0.5) is 0 Å². The fraction of sp³-hybridized carbons (Fsp3) is 0.429. The van der Waals surface area contributed by atoms with Gasteiger partial charge in [0.25, 0.3) is 5.91 Å². The fourth-order valence-corrected chi connectivity index (χ4v) is 3.45. The number of nitrogens with zero attached hydrogens (tertiary/aromatic N) is 4. The van der Waals surface area contributed by atoms with Crippen LogP contribution in [0.25, 0.3) is 5.69 Å². The van der Waals surface area contributed by atoms with E-state index in [2.05, 4.69) is 5.10 Å². The first-order chi connectivity index (χ1) is 13.9. The molecule has 2 amide bonds. The van der Waals surface area contributed by atoms with Crippen molar-refractivity contribution in [2.75, 3.05) is 32.8 Å². The number of esters is 1. The Morgan fingerprint density at radius 2 is 1.62 bits per heavy atom. The molecule has 29 heavy (non-hydrogen) atoms. The van der Waals surface area contributed by atoms with Crippen molar-refractivity contribution in [3.05, 3.63) is 47.3 Å². The lowest BCUT2D eigenvalue weighted by molar-refractivity contribution is -0.152. The van der Waals surface area contributed by atoms with Gasteiger partial charge in [-0.25, -0.2) is 4.68 Å². The van der Waals surface area contributed by atoms with Crippen molar-refractivity contribution in [3.8, 4) is 5.69 Å². The molecular weight excluding hydrogens is 372 g/mol. The smallest absolute Gasteiger partial charge is 0.310 e. The van der Waals surface area contributed by atoms with Crippen molar-refractivity contribution < 1.29 is 19.1 Å². The third kappa shape index (κ3) is 4.82. The molecule has 154 valence electrons. The van der Waals surface area contributed by atoms with Crippen LogP contribution in [0, 0.1) is 13.8 Å². The van der Waals surface area contributed by atoms with Crippen LogP contribution in [-0.4, -0.2) is 70.1 Å². The van der Waals surface area contributed by atoms with E-state index in [4.69, 9.17) is 4.74 Å². The largest absolute Gasteiger partial charge is 0.455 e. The van der Waals surface area contributed by atoms with E-state index in [0.29, 0.717) is 26.2 Å². The molecule has 0 N–H and O–H groups in total. The van der Waals surface area contributed by atoms with Crippen LogP contribution in [0.1, 0.15) is 23.9 Å². The van der Waals surface area contributed by atoms with Crippen LogP contribution in [0.15, 0.2) is 30.3 Å². The number of benzene rings is 1. The minimum atomic E-state index is -0.459. The highest BCUT2D eigenvalue weighted by Crippen LogP contribution is 2.18. The van der Waals surface area contributed by atoms with Crippen molar-refractivity contribution >= 4 is 17.8 Å². The van der Waals surface area contributed by atoms with Gasteiger partial charge in [-0.2, -0.15) is 5.10 Å². The molecular formula is C21H26N4O4. The van der Waals surface area contributed by atoms with Gasteiger partial charge in [-0.3, -0.25) is 14.4 Å². The summed E-state index contributed by atoms with van der Waals surface area (Å²) in [5.41, 5.74) is 3.36. The first-order valence-corrected chi connectivity index (χ1v) is 9.66. The normalized spacial score (nSPS) is 14.0. The van der Waals surface area contributed by atoms with Gasteiger partial charge in [0.1, 0.15) is 0 Å². The van der Waals surface area contributed by atoms with E-state index >= 15 is 0 Å². The quantitative estimate of drug-likeness (QED) is 0.708. The Morgan fingerprint density at radius 3 is 2.24 bits per heavy atom. The van der Waals surface area contributed by atoms with Crippen molar-refractivity contribution in [2.45, 2.75) is 27.2 Å². The van der Waals surface area contributed by atoms with Gasteiger partial charge in [0.15, 0.2) is 6.61 Å². The number of para-hydroxylation sites is 1. The molecule has 1 aromatic carbocycles. The van der Waals surface area contributed by atoms with E-state index in [1.165, 1.54) is 6.92 Å². The van der Waals surface area contributed by atoms with Gasteiger partial charge in [0.2, 0.25) is 5.91 Å². The second-order valence-electron chi connectivity index (χ2n) is 7.12. The summed E-state index contributed by atoms with van der Waals surface area (Å²) in [5, 5.41) is 4.52. The Kier molecular flexibility index (Phi) is 6.31. The Hall–Kier alpha value is -3.16. The molecule has 3 rings (SSSR count). The zero-order valence-electron chi connectivity index (χ0n) is 17.1. The van der Waals surface area contributed by atoms with Gasteiger partial charge < -0.3 is 14.5 Å². The van der Waals surface area contributed by atoms with Crippen LogP contribution in [0.3, 0.4) is 0 Å². The third-order valence-corrected chi connectivity index (χ3v) is 5.20. The van der Waals surface area contributed by atoms with E-state index in [0.717, 1.165) is 22.6 Å². The highest BCUT2D eigenvalue weighted by Gasteiger charge is 2.23.